The van der Waals surface area contributed by atoms with Crippen LogP contribution in [-0.2, 0) is 0 Å². The Morgan fingerprint density at radius 3 is 2.00 bits per heavy atom. The van der Waals surface area contributed by atoms with Gasteiger partial charge in [-0.3, -0.25) is 9.47 Å². The molecular formula is C48H31BN4O2. The molecule has 0 amide bonds. The third-order valence-electron chi connectivity index (χ3n) is 10.6. The number of pyridine rings is 2. The lowest BCUT2D eigenvalue weighted by Crippen LogP contribution is -2.57. The van der Waals surface area contributed by atoms with E-state index in [-0.39, 0.29) is 6.71 Å². The predicted octanol–water partition coefficient (Wildman–Crippen LogP) is 10.1. The molecule has 0 fully saturated rings. The number of hydrogen-bond acceptors (Lipinski definition) is 5. The lowest BCUT2D eigenvalue weighted by atomic mass is 9.37. The summed E-state index contributed by atoms with van der Waals surface area (Å²) in [6.07, 6.45) is 1.80. The van der Waals surface area contributed by atoms with Crippen LogP contribution in [0.15, 0.2) is 193 Å². The van der Waals surface area contributed by atoms with Gasteiger partial charge >= 0.3 is 0 Å². The van der Waals surface area contributed by atoms with Crippen molar-refractivity contribution in [2.75, 3.05) is 4.90 Å². The molecule has 0 saturated heterocycles. The van der Waals surface area contributed by atoms with E-state index in [1.165, 1.54) is 10.8 Å². The Morgan fingerprint density at radius 1 is 0.564 bits per heavy atom. The highest BCUT2D eigenvalue weighted by atomic mass is 16.5. The van der Waals surface area contributed by atoms with Crippen LogP contribution in [0.2, 0.25) is 0 Å². The van der Waals surface area contributed by atoms with E-state index < -0.39 is 0 Å². The summed E-state index contributed by atoms with van der Waals surface area (Å²) in [7, 11) is 0. The van der Waals surface area contributed by atoms with Crippen molar-refractivity contribution in [3.8, 4) is 28.6 Å². The molecular weight excluding hydrogens is 675 g/mol. The van der Waals surface area contributed by atoms with Gasteiger partial charge in [0.2, 0.25) is 5.88 Å². The van der Waals surface area contributed by atoms with Crippen LogP contribution in [0, 0.1) is 0 Å². The zero-order valence-corrected chi connectivity index (χ0v) is 29.6. The standard InChI is InChI=1S/C48H31BN4O2/c1-3-15-32(16-4-1)33-17-13-18-34(29-33)49-40-30-36(31-50-48(40)52(35-19-5-2-6-20-35)46-39-23-9-12-26-43(39)55-47(46)49)54-45-28-14-27-44(51-45)53-41-24-10-7-21-37(41)38-22-8-11-25-42(38)53/h1-31H. The third kappa shape index (κ3) is 5.12. The minimum absolute atomic E-state index is 0.269. The van der Waals surface area contributed by atoms with Crippen molar-refractivity contribution in [1.29, 1.82) is 0 Å². The largest absolute Gasteiger partial charge is 0.468 e. The molecule has 1 aliphatic heterocycles. The first-order valence-electron chi connectivity index (χ1n) is 18.4. The molecule has 0 bridgehead atoms. The Bertz CT molecular complexity index is 2990. The predicted molar refractivity (Wildman–Crippen MR) is 224 cm³/mol. The maximum absolute atomic E-state index is 6.87. The fourth-order valence-corrected chi connectivity index (χ4v) is 8.20. The maximum atomic E-state index is 6.87. The summed E-state index contributed by atoms with van der Waals surface area (Å²) in [4.78, 5) is 12.5. The molecule has 0 N–H and O–H groups in total. The molecule has 0 saturated carbocycles. The Hall–Kier alpha value is -7.38. The van der Waals surface area contributed by atoms with Crippen molar-refractivity contribution in [2.24, 2.45) is 0 Å². The van der Waals surface area contributed by atoms with E-state index in [9.17, 15) is 0 Å². The molecule has 0 aliphatic carbocycles. The van der Waals surface area contributed by atoms with Gasteiger partial charge in [0, 0.05) is 27.9 Å². The summed E-state index contributed by atoms with van der Waals surface area (Å²) >= 11 is 0. The molecule has 1 aliphatic rings. The number of anilines is 3. The normalized spacial score (nSPS) is 12.3. The second-order valence-corrected chi connectivity index (χ2v) is 13.8. The summed E-state index contributed by atoms with van der Waals surface area (Å²) in [6, 6.07) is 62.7. The van der Waals surface area contributed by atoms with E-state index in [0.717, 1.165) is 72.7 Å². The summed E-state index contributed by atoms with van der Waals surface area (Å²) in [6.45, 7) is -0.269. The molecule has 258 valence electrons. The molecule has 11 rings (SSSR count). The number of nitrogens with zero attached hydrogens (tertiary/aromatic N) is 4. The van der Waals surface area contributed by atoms with Crippen LogP contribution in [-0.4, -0.2) is 21.2 Å². The second-order valence-electron chi connectivity index (χ2n) is 13.8. The molecule has 0 unspecified atom stereocenters. The average molecular weight is 707 g/mol. The minimum atomic E-state index is -0.269. The number of hydrogen-bond donors (Lipinski definition) is 0. The molecule has 0 atom stereocenters. The molecule has 7 heteroatoms. The number of fused-ring (bicyclic) bond motifs is 7. The first kappa shape index (κ1) is 31.2. The minimum Gasteiger partial charge on any atom is -0.468 e. The Morgan fingerprint density at radius 2 is 1.22 bits per heavy atom. The Labute approximate surface area is 317 Å². The van der Waals surface area contributed by atoms with Crippen LogP contribution in [0.4, 0.5) is 17.2 Å². The van der Waals surface area contributed by atoms with Crippen LogP contribution in [0.25, 0.3) is 49.7 Å². The average Bonchev–Trinajstić information content (AvgIpc) is 3.80. The van der Waals surface area contributed by atoms with Crippen molar-refractivity contribution in [3.63, 3.8) is 0 Å². The van der Waals surface area contributed by atoms with Gasteiger partial charge in [-0.1, -0.05) is 133 Å². The molecule has 0 spiro atoms. The quantitative estimate of drug-likeness (QED) is 0.161. The molecule has 5 heterocycles. The van der Waals surface area contributed by atoms with Crippen LogP contribution < -0.4 is 26.2 Å². The number of ether oxygens (including phenoxy) is 1. The summed E-state index contributed by atoms with van der Waals surface area (Å²) in [5.74, 6) is 2.66. The summed E-state index contributed by atoms with van der Waals surface area (Å²) in [5.41, 5.74) is 10.2. The van der Waals surface area contributed by atoms with E-state index in [1.807, 2.05) is 42.5 Å². The fraction of sp³-hybridized carbons (Fsp3) is 0. The van der Waals surface area contributed by atoms with Gasteiger partial charge in [-0.15, -0.1) is 0 Å². The van der Waals surface area contributed by atoms with Crippen molar-refractivity contribution >= 4 is 73.3 Å². The monoisotopic (exact) mass is 706 g/mol. The van der Waals surface area contributed by atoms with E-state index in [4.69, 9.17) is 19.1 Å². The summed E-state index contributed by atoms with van der Waals surface area (Å²) in [5, 5.41) is 3.39. The molecule has 0 radical (unpaired) electrons. The van der Waals surface area contributed by atoms with Crippen LogP contribution >= 0.6 is 0 Å². The highest BCUT2D eigenvalue weighted by Gasteiger charge is 2.41. The number of benzene rings is 6. The van der Waals surface area contributed by atoms with Gasteiger partial charge in [0.05, 0.1) is 28.6 Å². The molecule has 6 nitrogen and oxygen atoms in total. The summed E-state index contributed by atoms with van der Waals surface area (Å²) < 4.78 is 15.7. The molecule has 55 heavy (non-hydrogen) atoms. The third-order valence-corrected chi connectivity index (χ3v) is 10.6. The fourth-order valence-electron chi connectivity index (χ4n) is 8.20. The van der Waals surface area contributed by atoms with Crippen molar-refractivity contribution in [2.45, 2.75) is 0 Å². The van der Waals surface area contributed by atoms with Crippen molar-refractivity contribution in [3.05, 3.63) is 188 Å². The van der Waals surface area contributed by atoms with E-state index in [1.54, 1.807) is 6.20 Å². The van der Waals surface area contributed by atoms with E-state index >= 15 is 0 Å². The topological polar surface area (TPSA) is 56.3 Å². The molecule has 6 aromatic carbocycles. The van der Waals surface area contributed by atoms with Gasteiger partial charge in [-0.05, 0) is 65.1 Å². The first-order chi connectivity index (χ1) is 27.3. The number of para-hydroxylation sites is 4. The van der Waals surface area contributed by atoms with Gasteiger partial charge in [0.1, 0.15) is 23.0 Å². The highest BCUT2D eigenvalue weighted by molar-refractivity contribution is 6.97. The lowest BCUT2D eigenvalue weighted by Gasteiger charge is -2.33. The van der Waals surface area contributed by atoms with Crippen molar-refractivity contribution in [1.82, 2.24) is 14.5 Å². The van der Waals surface area contributed by atoms with Gasteiger partial charge < -0.3 is 9.15 Å². The highest BCUT2D eigenvalue weighted by Crippen LogP contribution is 2.41. The van der Waals surface area contributed by atoms with E-state index in [2.05, 4.69) is 149 Å². The number of aromatic nitrogens is 3. The van der Waals surface area contributed by atoms with Crippen molar-refractivity contribution < 1.29 is 9.15 Å². The van der Waals surface area contributed by atoms with Crippen LogP contribution in [0.5, 0.6) is 11.6 Å². The van der Waals surface area contributed by atoms with Crippen LogP contribution in [0.1, 0.15) is 0 Å². The van der Waals surface area contributed by atoms with Gasteiger partial charge in [-0.25, -0.2) is 4.98 Å². The van der Waals surface area contributed by atoms with Crippen LogP contribution in [0.3, 0.4) is 0 Å². The SMILES string of the molecule is c1ccc(-c2cccc(B3c4cc(Oc5cccc(-n6c7ccccc7c7ccccc76)n5)cnc4N(c4ccccc4)c4c3oc3ccccc43)c2)cc1. The second kappa shape index (κ2) is 12.6. The zero-order valence-electron chi connectivity index (χ0n) is 29.6. The van der Waals surface area contributed by atoms with Gasteiger partial charge in [0.25, 0.3) is 6.71 Å². The Kier molecular flexibility index (Phi) is 7.17. The van der Waals surface area contributed by atoms with Gasteiger partial charge in [-0.2, -0.15) is 4.98 Å². The Balaban J connectivity index is 1.08. The first-order valence-corrected chi connectivity index (χ1v) is 18.4. The molecule has 10 aromatic rings. The van der Waals surface area contributed by atoms with E-state index in [0.29, 0.717) is 11.6 Å². The number of rotatable bonds is 6. The maximum Gasteiger partial charge on any atom is 0.294 e. The smallest absolute Gasteiger partial charge is 0.294 e. The van der Waals surface area contributed by atoms with Gasteiger partial charge in [0.15, 0.2) is 0 Å². The molecule has 4 aromatic heterocycles. The zero-order chi connectivity index (χ0) is 36.3. The number of furan rings is 1. The lowest BCUT2D eigenvalue weighted by molar-refractivity contribution is 0.461.